The molecular weight excluding hydrogens is 182 g/mol. The number of carbonyl (C=O) groups excluding carboxylic acids is 1. The Bertz CT molecular complexity index is 336. The number of benzene rings is 1. The molecule has 0 fully saturated rings. The van der Waals surface area contributed by atoms with Crippen LogP contribution >= 0.6 is 0 Å². The standard InChI is InChI=1S/C10H13NO3/c1-7-5-8(3-4-9(7)12)11-10(13)6-14-2/h3-5,12H,6H2,1-2H3,(H,11,13). The Hall–Kier alpha value is -1.55. The second-order valence-corrected chi connectivity index (χ2v) is 2.98. The van der Waals surface area contributed by atoms with Crippen LogP contribution in [0.5, 0.6) is 5.75 Å². The fraction of sp³-hybridized carbons (Fsp3) is 0.300. The van der Waals surface area contributed by atoms with E-state index < -0.39 is 0 Å². The van der Waals surface area contributed by atoms with Gasteiger partial charge in [0.25, 0.3) is 0 Å². The molecule has 14 heavy (non-hydrogen) atoms. The first-order chi connectivity index (χ1) is 6.63. The lowest BCUT2D eigenvalue weighted by molar-refractivity contribution is -0.119. The smallest absolute Gasteiger partial charge is 0.250 e. The predicted molar refractivity (Wildman–Crippen MR) is 53.3 cm³/mol. The zero-order valence-electron chi connectivity index (χ0n) is 8.20. The lowest BCUT2D eigenvalue weighted by atomic mass is 10.2. The summed E-state index contributed by atoms with van der Waals surface area (Å²) in [5.74, 6) is 0.00679. The Kier molecular flexibility index (Phi) is 3.48. The number of carbonyl (C=O) groups is 1. The van der Waals surface area contributed by atoms with Gasteiger partial charge < -0.3 is 15.2 Å². The summed E-state index contributed by atoms with van der Waals surface area (Å²) in [6.07, 6.45) is 0. The molecule has 1 aromatic carbocycles. The molecule has 0 saturated carbocycles. The van der Waals surface area contributed by atoms with E-state index in [1.807, 2.05) is 0 Å². The summed E-state index contributed by atoms with van der Waals surface area (Å²) in [6.45, 7) is 1.79. The summed E-state index contributed by atoms with van der Waals surface area (Å²) in [6, 6.07) is 4.87. The van der Waals surface area contributed by atoms with E-state index in [9.17, 15) is 9.90 Å². The van der Waals surface area contributed by atoms with E-state index in [0.29, 0.717) is 5.69 Å². The van der Waals surface area contributed by atoms with Gasteiger partial charge in [0.1, 0.15) is 12.4 Å². The number of rotatable bonds is 3. The van der Waals surface area contributed by atoms with Crippen molar-refractivity contribution in [2.24, 2.45) is 0 Å². The van der Waals surface area contributed by atoms with Crippen molar-refractivity contribution >= 4 is 11.6 Å². The van der Waals surface area contributed by atoms with Gasteiger partial charge in [-0.15, -0.1) is 0 Å². The van der Waals surface area contributed by atoms with Gasteiger partial charge in [0.15, 0.2) is 0 Å². The summed E-state index contributed by atoms with van der Waals surface area (Å²) in [7, 11) is 1.46. The summed E-state index contributed by atoms with van der Waals surface area (Å²) in [5, 5.41) is 11.9. The summed E-state index contributed by atoms with van der Waals surface area (Å²) in [4.78, 5) is 11.1. The Morgan fingerprint density at radius 3 is 2.86 bits per heavy atom. The topological polar surface area (TPSA) is 58.6 Å². The fourth-order valence-electron chi connectivity index (χ4n) is 1.06. The van der Waals surface area contributed by atoms with Crippen molar-refractivity contribution in [3.63, 3.8) is 0 Å². The van der Waals surface area contributed by atoms with Crippen LogP contribution in [0, 0.1) is 6.92 Å². The maximum Gasteiger partial charge on any atom is 0.250 e. The monoisotopic (exact) mass is 195 g/mol. The maximum absolute atomic E-state index is 11.1. The number of phenols is 1. The average Bonchev–Trinajstić information content (AvgIpc) is 2.12. The van der Waals surface area contributed by atoms with Gasteiger partial charge in [-0.1, -0.05) is 0 Å². The van der Waals surface area contributed by atoms with Crippen LogP contribution in [0.2, 0.25) is 0 Å². The Labute approximate surface area is 82.5 Å². The van der Waals surface area contributed by atoms with Crippen LogP contribution in [0.15, 0.2) is 18.2 Å². The van der Waals surface area contributed by atoms with E-state index in [1.54, 1.807) is 19.1 Å². The van der Waals surface area contributed by atoms with Crippen LogP contribution in [0.4, 0.5) is 5.69 Å². The average molecular weight is 195 g/mol. The lowest BCUT2D eigenvalue weighted by Crippen LogP contribution is -2.16. The number of nitrogens with one attached hydrogen (secondary N) is 1. The minimum absolute atomic E-state index is 0.0277. The number of hydrogen-bond donors (Lipinski definition) is 2. The molecule has 0 radical (unpaired) electrons. The second-order valence-electron chi connectivity index (χ2n) is 2.98. The van der Waals surface area contributed by atoms with Gasteiger partial charge in [-0.3, -0.25) is 4.79 Å². The maximum atomic E-state index is 11.1. The highest BCUT2D eigenvalue weighted by molar-refractivity contribution is 5.91. The van der Waals surface area contributed by atoms with Gasteiger partial charge in [0, 0.05) is 12.8 Å². The molecule has 0 aliphatic rings. The Balaban J connectivity index is 2.68. The van der Waals surface area contributed by atoms with E-state index >= 15 is 0 Å². The summed E-state index contributed by atoms with van der Waals surface area (Å²) in [5.41, 5.74) is 1.38. The SMILES string of the molecule is COCC(=O)Nc1ccc(O)c(C)c1. The Morgan fingerprint density at radius 2 is 2.29 bits per heavy atom. The first kappa shape index (κ1) is 10.5. The van der Waals surface area contributed by atoms with Crippen molar-refractivity contribution in [3.05, 3.63) is 23.8 Å². The zero-order chi connectivity index (χ0) is 10.6. The number of phenolic OH excluding ortho intramolecular Hbond substituents is 1. The van der Waals surface area contributed by atoms with Crippen molar-refractivity contribution in [2.45, 2.75) is 6.92 Å². The van der Waals surface area contributed by atoms with Gasteiger partial charge >= 0.3 is 0 Å². The molecule has 1 rings (SSSR count). The molecule has 4 nitrogen and oxygen atoms in total. The molecule has 0 heterocycles. The van der Waals surface area contributed by atoms with Gasteiger partial charge in [-0.05, 0) is 30.7 Å². The summed E-state index contributed by atoms with van der Waals surface area (Å²) < 4.78 is 4.67. The van der Waals surface area contributed by atoms with Crippen LogP contribution in [-0.4, -0.2) is 24.7 Å². The van der Waals surface area contributed by atoms with Crippen molar-refractivity contribution in [3.8, 4) is 5.75 Å². The molecule has 76 valence electrons. The van der Waals surface area contributed by atoms with E-state index in [-0.39, 0.29) is 18.3 Å². The molecular formula is C10H13NO3. The second kappa shape index (κ2) is 4.62. The lowest BCUT2D eigenvalue weighted by Gasteiger charge is -2.06. The first-order valence-electron chi connectivity index (χ1n) is 4.22. The molecule has 0 saturated heterocycles. The van der Waals surface area contributed by atoms with Gasteiger partial charge in [0.2, 0.25) is 5.91 Å². The van der Waals surface area contributed by atoms with E-state index in [4.69, 9.17) is 0 Å². The molecule has 0 aliphatic heterocycles. The molecule has 0 spiro atoms. The number of anilines is 1. The number of ether oxygens (including phenoxy) is 1. The quantitative estimate of drug-likeness (QED) is 0.714. The van der Waals surface area contributed by atoms with Crippen molar-refractivity contribution in [2.75, 3.05) is 19.0 Å². The minimum atomic E-state index is -0.211. The normalized spacial score (nSPS) is 9.86. The molecule has 0 aliphatic carbocycles. The van der Waals surface area contributed by atoms with Crippen LogP contribution in [0.25, 0.3) is 0 Å². The first-order valence-corrected chi connectivity index (χ1v) is 4.22. The molecule has 2 N–H and O–H groups in total. The molecule has 0 aromatic heterocycles. The largest absolute Gasteiger partial charge is 0.508 e. The van der Waals surface area contributed by atoms with Gasteiger partial charge in [0.05, 0.1) is 0 Å². The number of hydrogen-bond acceptors (Lipinski definition) is 3. The van der Waals surface area contributed by atoms with Crippen LogP contribution in [-0.2, 0) is 9.53 Å². The van der Waals surface area contributed by atoms with Crippen LogP contribution in [0.3, 0.4) is 0 Å². The van der Waals surface area contributed by atoms with Crippen molar-refractivity contribution < 1.29 is 14.6 Å². The van der Waals surface area contributed by atoms with E-state index in [2.05, 4.69) is 10.1 Å². The van der Waals surface area contributed by atoms with Gasteiger partial charge in [-0.25, -0.2) is 0 Å². The molecule has 0 unspecified atom stereocenters. The molecule has 0 atom stereocenters. The molecule has 4 heteroatoms. The van der Waals surface area contributed by atoms with Crippen molar-refractivity contribution in [1.82, 2.24) is 0 Å². The third-order valence-electron chi connectivity index (χ3n) is 1.76. The van der Waals surface area contributed by atoms with E-state index in [0.717, 1.165) is 5.56 Å². The minimum Gasteiger partial charge on any atom is -0.508 e. The number of aryl methyl sites for hydroxylation is 1. The third kappa shape index (κ3) is 2.74. The Morgan fingerprint density at radius 1 is 1.57 bits per heavy atom. The highest BCUT2D eigenvalue weighted by Crippen LogP contribution is 2.19. The van der Waals surface area contributed by atoms with E-state index in [1.165, 1.54) is 13.2 Å². The zero-order valence-corrected chi connectivity index (χ0v) is 8.20. The number of amides is 1. The molecule has 1 amide bonds. The summed E-state index contributed by atoms with van der Waals surface area (Å²) >= 11 is 0. The van der Waals surface area contributed by atoms with Crippen LogP contribution in [0.1, 0.15) is 5.56 Å². The van der Waals surface area contributed by atoms with Crippen molar-refractivity contribution in [1.29, 1.82) is 0 Å². The number of methoxy groups -OCH3 is 1. The molecule has 1 aromatic rings. The third-order valence-corrected chi connectivity index (χ3v) is 1.76. The molecule has 0 bridgehead atoms. The number of aromatic hydroxyl groups is 1. The van der Waals surface area contributed by atoms with Gasteiger partial charge in [-0.2, -0.15) is 0 Å². The highest BCUT2D eigenvalue weighted by Gasteiger charge is 2.02. The van der Waals surface area contributed by atoms with Crippen LogP contribution < -0.4 is 5.32 Å². The fourth-order valence-corrected chi connectivity index (χ4v) is 1.06. The highest BCUT2D eigenvalue weighted by atomic mass is 16.5. The predicted octanol–water partition coefficient (Wildman–Crippen LogP) is 1.29.